The Labute approximate surface area is 169 Å². The van der Waals surface area contributed by atoms with Gasteiger partial charge >= 0.3 is 0 Å². The predicted octanol–water partition coefficient (Wildman–Crippen LogP) is 3.24. The van der Waals surface area contributed by atoms with Crippen molar-refractivity contribution in [2.24, 2.45) is 4.99 Å². The van der Waals surface area contributed by atoms with Crippen LogP contribution < -0.4 is 10.3 Å². The van der Waals surface area contributed by atoms with Gasteiger partial charge in [-0.3, -0.25) is 5.01 Å². The summed E-state index contributed by atoms with van der Waals surface area (Å²) in [4.78, 5) is 4.55. The fraction of sp³-hybridized carbons (Fsp3) is 0.190. The molecule has 2 aliphatic rings. The molecule has 2 heterocycles. The zero-order valence-electron chi connectivity index (χ0n) is 15.6. The third-order valence-electron chi connectivity index (χ3n) is 4.67. The normalized spacial score (nSPS) is 16.2. The molecule has 0 unspecified atom stereocenters. The van der Waals surface area contributed by atoms with E-state index in [0.29, 0.717) is 18.1 Å². The van der Waals surface area contributed by atoms with Crippen molar-refractivity contribution in [3.8, 4) is 11.1 Å². The molecule has 2 N–H and O–H groups in total. The molecule has 0 aromatic heterocycles. The van der Waals surface area contributed by atoms with Crippen LogP contribution >= 0.6 is 11.6 Å². The van der Waals surface area contributed by atoms with Gasteiger partial charge in [0.15, 0.2) is 5.82 Å². The van der Waals surface area contributed by atoms with E-state index in [1.165, 1.54) is 0 Å². The first-order valence-electron chi connectivity index (χ1n) is 9.13. The topological polar surface area (TPSA) is 54.3 Å². The van der Waals surface area contributed by atoms with Gasteiger partial charge in [0, 0.05) is 43.7 Å². The molecule has 2 aliphatic heterocycles. The molecule has 0 radical (unpaired) electrons. The Kier molecular flexibility index (Phi) is 5.45. The zero-order valence-corrected chi connectivity index (χ0v) is 16.3. The van der Waals surface area contributed by atoms with Crippen LogP contribution in [0.25, 0.3) is 11.1 Å². The zero-order chi connectivity index (χ0) is 19.5. The van der Waals surface area contributed by atoms with E-state index in [4.69, 9.17) is 16.7 Å². The van der Waals surface area contributed by atoms with E-state index in [-0.39, 0.29) is 6.61 Å². The molecule has 0 spiro atoms. The van der Waals surface area contributed by atoms with Crippen LogP contribution in [0.15, 0.2) is 77.3 Å². The highest BCUT2D eigenvalue weighted by molar-refractivity contribution is 6.36. The SMILES string of the molecule is CN1N2C=C(CNCCO)C=NC2=CN1c1cccc(-c2ccccc2)c1Cl. The number of hydrogen-bond donors (Lipinski definition) is 2. The van der Waals surface area contributed by atoms with Gasteiger partial charge in [0.25, 0.3) is 0 Å². The summed E-state index contributed by atoms with van der Waals surface area (Å²) in [7, 11) is 1.96. The van der Waals surface area contributed by atoms with Gasteiger partial charge in [0.05, 0.1) is 23.5 Å². The van der Waals surface area contributed by atoms with Crippen LogP contribution in [0.2, 0.25) is 5.02 Å². The van der Waals surface area contributed by atoms with Crippen molar-refractivity contribution in [2.45, 2.75) is 0 Å². The molecule has 7 heteroatoms. The van der Waals surface area contributed by atoms with E-state index < -0.39 is 0 Å². The number of aliphatic imine (C=N–C) groups is 1. The quantitative estimate of drug-likeness (QED) is 0.735. The van der Waals surface area contributed by atoms with Crippen LogP contribution in [-0.2, 0) is 0 Å². The summed E-state index contributed by atoms with van der Waals surface area (Å²) in [6.45, 7) is 1.31. The number of anilines is 1. The largest absolute Gasteiger partial charge is 0.395 e. The van der Waals surface area contributed by atoms with Crippen molar-refractivity contribution >= 4 is 23.5 Å². The molecule has 2 aromatic carbocycles. The van der Waals surface area contributed by atoms with Gasteiger partial charge in [-0.25, -0.2) is 10.0 Å². The minimum Gasteiger partial charge on any atom is -0.395 e. The lowest BCUT2D eigenvalue weighted by molar-refractivity contribution is 0.109. The lowest BCUT2D eigenvalue weighted by Crippen LogP contribution is -2.41. The Bertz CT molecular complexity index is 941. The minimum atomic E-state index is 0.114. The van der Waals surface area contributed by atoms with Crippen molar-refractivity contribution in [1.82, 2.24) is 15.4 Å². The van der Waals surface area contributed by atoms with Crippen molar-refractivity contribution < 1.29 is 5.11 Å². The molecule has 2 aromatic rings. The van der Waals surface area contributed by atoms with Gasteiger partial charge in [-0.15, -0.1) is 5.12 Å². The van der Waals surface area contributed by atoms with E-state index in [1.54, 1.807) is 0 Å². The first-order chi connectivity index (χ1) is 13.7. The van der Waals surface area contributed by atoms with Gasteiger partial charge in [-0.2, -0.15) is 0 Å². The second-order valence-electron chi connectivity index (χ2n) is 6.53. The van der Waals surface area contributed by atoms with Crippen LogP contribution in [0, 0.1) is 0 Å². The van der Waals surface area contributed by atoms with Crippen molar-refractivity contribution in [3.63, 3.8) is 0 Å². The van der Waals surface area contributed by atoms with Crippen molar-refractivity contribution in [3.05, 3.63) is 77.3 Å². The third kappa shape index (κ3) is 3.55. The van der Waals surface area contributed by atoms with E-state index in [0.717, 1.165) is 28.2 Å². The summed E-state index contributed by atoms with van der Waals surface area (Å²) < 4.78 is 0. The number of hydrogen-bond acceptors (Lipinski definition) is 6. The summed E-state index contributed by atoms with van der Waals surface area (Å²) in [5.74, 6) is 0.814. The number of aliphatic hydroxyl groups is 1. The lowest BCUT2D eigenvalue weighted by Gasteiger charge is -2.32. The van der Waals surface area contributed by atoms with Gasteiger partial charge in [-0.05, 0) is 11.6 Å². The van der Waals surface area contributed by atoms with Crippen molar-refractivity contribution in [1.29, 1.82) is 0 Å². The third-order valence-corrected chi connectivity index (χ3v) is 5.07. The first-order valence-corrected chi connectivity index (χ1v) is 9.51. The maximum Gasteiger partial charge on any atom is 0.166 e. The molecular weight excluding hydrogens is 374 g/mol. The Hall–Kier alpha value is -2.64. The molecule has 28 heavy (non-hydrogen) atoms. The van der Waals surface area contributed by atoms with Gasteiger partial charge in [0.2, 0.25) is 0 Å². The number of benzene rings is 2. The van der Waals surface area contributed by atoms with Crippen LogP contribution in [0.1, 0.15) is 0 Å². The highest BCUT2D eigenvalue weighted by Gasteiger charge is 2.30. The average molecular weight is 396 g/mol. The molecule has 4 rings (SSSR count). The van der Waals surface area contributed by atoms with Crippen LogP contribution in [0.3, 0.4) is 0 Å². The van der Waals surface area contributed by atoms with E-state index in [9.17, 15) is 0 Å². The lowest BCUT2D eigenvalue weighted by atomic mass is 10.1. The Balaban J connectivity index is 1.61. The number of halogens is 1. The highest BCUT2D eigenvalue weighted by Crippen LogP contribution is 2.39. The van der Waals surface area contributed by atoms with Crippen LogP contribution in [0.4, 0.5) is 5.69 Å². The molecule has 0 bridgehead atoms. The van der Waals surface area contributed by atoms with E-state index >= 15 is 0 Å². The maximum absolute atomic E-state index is 8.92. The standard InChI is InChI=1S/C21H22ClN5O/c1-25-26(15-20-24-13-16(14-27(20)25)12-23-10-11-28)19-9-5-8-18(21(19)22)17-6-3-2-4-7-17/h2-9,13-15,23,28H,10-12H2,1H3. The second kappa shape index (κ2) is 8.16. The Morgan fingerprint density at radius 1 is 1.04 bits per heavy atom. The van der Waals surface area contributed by atoms with Gasteiger partial charge < -0.3 is 10.4 Å². The maximum atomic E-state index is 8.92. The van der Waals surface area contributed by atoms with Crippen LogP contribution in [-0.4, -0.2) is 48.2 Å². The molecule has 0 atom stereocenters. The van der Waals surface area contributed by atoms with Crippen molar-refractivity contribution in [2.75, 3.05) is 31.8 Å². The van der Waals surface area contributed by atoms with Gasteiger partial charge in [0.1, 0.15) is 0 Å². The smallest absolute Gasteiger partial charge is 0.166 e. The Morgan fingerprint density at radius 2 is 1.86 bits per heavy atom. The molecule has 0 aliphatic carbocycles. The molecular formula is C21H22ClN5O. The predicted molar refractivity (Wildman–Crippen MR) is 114 cm³/mol. The summed E-state index contributed by atoms with van der Waals surface area (Å²) in [5.41, 5.74) is 3.99. The molecule has 6 nitrogen and oxygen atoms in total. The number of nitrogens with one attached hydrogen (secondary N) is 1. The average Bonchev–Trinajstić information content (AvgIpc) is 3.05. The number of aliphatic hydroxyl groups excluding tert-OH is 1. The number of hydrazine groups is 2. The molecule has 0 amide bonds. The molecule has 144 valence electrons. The summed E-state index contributed by atoms with van der Waals surface area (Å²) in [6.07, 6.45) is 5.82. The molecule has 0 saturated carbocycles. The van der Waals surface area contributed by atoms with Gasteiger partial charge in [-0.1, -0.05) is 54.1 Å². The minimum absolute atomic E-state index is 0.114. The summed E-state index contributed by atoms with van der Waals surface area (Å²) in [6, 6.07) is 16.2. The van der Waals surface area contributed by atoms with Crippen LogP contribution in [0.5, 0.6) is 0 Å². The second-order valence-corrected chi connectivity index (χ2v) is 6.91. The number of fused-ring (bicyclic) bond motifs is 1. The molecule has 0 saturated heterocycles. The fourth-order valence-electron chi connectivity index (χ4n) is 3.25. The number of rotatable bonds is 6. The Morgan fingerprint density at radius 3 is 2.64 bits per heavy atom. The first kappa shape index (κ1) is 18.7. The molecule has 0 fully saturated rings. The van der Waals surface area contributed by atoms with E-state index in [2.05, 4.69) is 22.4 Å². The summed E-state index contributed by atoms with van der Waals surface area (Å²) >= 11 is 6.80. The summed E-state index contributed by atoms with van der Waals surface area (Å²) in [5, 5.41) is 18.7. The van der Waals surface area contributed by atoms with E-state index in [1.807, 2.05) is 77.2 Å². The highest BCUT2D eigenvalue weighted by atomic mass is 35.5. The fourth-order valence-corrected chi connectivity index (χ4v) is 3.57. The monoisotopic (exact) mass is 395 g/mol. The number of nitrogens with zero attached hydrogens (tertiary/aromatic N) is 4.